The normalized spacial score (nSPS) is 13.6. The fourth-order valence-corrected chi connectivity index (χ4v) is 2.20. The van der Waals surface area contributed by atoms with E-state index < -0.39 is 11.8 Å². The molecule has 2 amide bonds. The number of amides is 2. The topological polar surface area (TPSA) is 67.3 Å². The first-order chi connectivity index (χ1) is 9.63. The first-order valence-electron chi connectivity index (χ1n) is 6.03. The Labute approximate surface area is 114 Å². The predicted octanol–water partition coefficient (Wildman–Crippen LogP) is 2.00. The number of aryl methyl sites for hydroxylation is 1. The Morgan fingerprint density at radius 3 is 2.25 bits per heavy atom. The third-order valence-corrected chi connectivity index (χ3v) is 3.29. The van der Waals surface area contributed by atoms with Crippen LogP contribution in [0.4, 0.5) is 5.69 Å². The van der Waals surface area contributed by atoms with Crippen LogP contribution in [-0.2, 0) is 0 Å². The lowest BCUT2D eigenvalue weighted by atomic mass is 10.1. The van der Waals surface area contributed by atoms with Crippen LogP contribution in [0, 0.1) is 6.92 Å². The summed E-state index contributed by atoms with van der Waals surface area (Å²) in [6.45, 7) is 1.69. The van der Waals surface area contributed by atoms with E-state index in [1.54, 1.807) is 31.2 Å². The third-order valence-electron chi connectivity index (χ3n) is 3.29. The molecular weight excluding hydrogens is 256 g/mol. The summed E-state index contributed by atoms with van der Waals surface area (Å²) in [4.78, 5) is 40.6. The van der Waals surface area contributed by atoms with Crippen LogP contribution in [0.5, 0.6) is 0 Å². The number of imide groups is 1. The van der Waals surface area contributed by atoms with E-state index >= 15 is 0 Å². The van der Waals surface area contributed by atoms with Crippen molar-refractivity contribution >= 4 is 23.8 Å². The molecule has 0 spiro atoms. The SMILES string of the molecule is Cc1ncc(N2C(=O)c3ccccc3C2=O)cc1C=O. The lowest BCUT2D eigenvalue weighted by Crippen LogP contribution is -2.29. The second-order valence-corrected chi connectivity index (χ2v) is 4.48. The van der Waals surface area contributed by atoms with E-state index in [1.807, 2.05) is 0 Å². The fraction of sp³-hybridized carbons (Fsp3) is 0.0667. The van der Waals surface area contributed by atoms with Crippen LogP contribution < -0.4 is 4.90 Å². The summed E-state index contributed by atoms with van der Waals surface area (Å²) in [5.41, 5.74) is 1.96. The van der Waals surface area contributed by atoms with Gasteiger partial charge in [0.2, 0.25) is 0 Å². The number of anilines is 1. The molecule has 98 valence electrons. The number of carbonyl (C=O) groups excluding carboxylic acids is 3. The molecule has 0 saturated heterocycles. The molecule has 5 heteroatoms. The molecule has 1 aromatic carbocycles. The van der Waals surface area contributed by atoms with E-state index in [9.17, 15) is 14.4 Å². The zero-order valence-electron chi connectivity index (χ0n) is 10.7. The van der Waals surface area contributed by atoms with Gasteiger partial charge in [0.25, 0.3) is 11.8 Å². The molecule has 0 atom stereocenters. The van der Waals surface area contributed by atoms with Gasteiger partial charge >= 0.3 is 0 Å². The quantitative estimate of drug-likeness (QED) is 0.616. The van der Waals surface area contributed by atoms with Crippen molar-refractivity contribution in [1.29, 1.82) is 0 Å². The first-order valence-corrected chi connectivity index (χ1v) is 6.03. The molecule has 0 N–H and O–H groups in total. The zero-order chi connectivity index (χ0) is 14.3. The number of benzene rings is 1. The number of rotatable bonds is 2. The average molecular weight is 266 g/mol. The van der Waals surface area contributed by atoms with Crippen LogP contribution >= 0.6 is 0 Å². The highest BCUT2D eigenvalue weighted by molar-refractivity contribution is 6.34. The standard InChI is InChI=1S/C15H10N2O3/c1-9-10(8-18)6-11(7-16-9)17-14(19)12-4-2-3-5-13(12)15(17)20/h2-8H,1H3. The van der Waals surface area contributed by atoms with Gasteiger partial charge in [-0.1, -0.05) is 12.1 Å². The van der Waals surface area contributed by atoms with E-state index in [0.29, 0.717) is 34.4 Å². The second-order valence-electron chi connectivity index (χ2n) is 4.48. The summed E-state index contributed by atoms with van der Waals surface area (Å²) >= 11 is 0. The summed E-state index contributed by atoms with van der Waals surface area (Å²) in [6, 6.07) is 8.13. The molecular formula is C15H10N2O3. The van der Waals surface area contributed by atoms with Crippen LogP contribution in [-0.4, -0.2) is 23.1 Å². The molecule has 5 nitrogen and oxygen atoms in total. The third kappa shape index (κ3) is 1.64. The van der Waals surface area contributed by atoms with Crippen LogP contribution in [0.25, 0.3) is 0 Å². The van der Waals surface area contributed by atoms with E-state index in [-0.39, 0.29) is 0 Å². The van der Waals surface area contributed by atoms with Gasteiger partial charge in [0.1, 0.15) is 0 Å². The van der Waals surface area contributed by atoms with Gasteiger partial charge in [-0.25, -0.2) is 4.90 Å². The van der Waals surface area contributed by atoms with Crippen molar-refractivity contribution in [3.8, 4) is 0 Å². The fourth-order valence-electron chi connectivity index (χ4n) is 2.20. The Balaban J connectivity index is 2.11. The Morgan fingerprint density at radius 2 is 1.70 bits per heavy atom. The van der Waals surface area contributed by atoms with Gasteiger partial charge < -0.3 is 0 Å². The van der Waals surface area contributed by atoms with Crippen molar-refractivity contribution in [3.05, 3.63) is 58.9 Å². The maximum Gasteiger partial charge on any atom is 0.266 e. The van der Waals surface area contributed by atoms with Crippen molar-refractivity contribution in [2.75, 3.05) is 4.90 Å². The summed E-state index contributed by atoms with van der Waals surface area (Å²) in [7, 11) is 0. The molecule has 1 aliphatic heterocycles. The van der Waals surface area contributed by atoms with Crippen LogP contribution in [0.2, 0.25) is 0 Å². The highest BCUT2D eigenvalue weighted by atomic mass is 16.2. The number of aromatic nitrogens is 1. The summed E-state index contributed by atoms with van der Waals surface area (Å²) in [5.74, 6) is -0.791. The largest absolute Gasteiger partial charge is 0.298 e. The minimum absolute atomic E-state index is 0.309. The molecule has 0 bridgehead atoms. The zero-order valence-corrected chi connectivity index (χ0v) is 10.7. The van der Waals surface area contributed by atoms with Gasteiger partial charge in [0.15, 0.2) is 6.29 Å². The van der Waals surface area contributed by atoms with Crippen LogP contribution in [0.1, 0.15) is 36.8 Å². The smallest absolute Gasteiger partial charge is 0.266 e. The summed E-state index contributed by atoms with van der Waals surface area (Å²) in [6.07, 6.45) is 2.08. The highest BCUT2D eigenvalue weighted by Crippen LogP contribution is 2.28. The number of fused-ring (bicyclic) bond motifs is 1. The molecule has 1 aliphatic rings. The number of nitrogens with zero attached hydrogens (tertiary/aromatic N) is 2. The molecule has 0 aliphatic carbocycles. The number of pyridine rings is 1. The van der Waals surface area contributed by atoms with E-state index in [0.717, 1.165) is 4.90 Å². The first kappa shape index (κ1) is 12.2. The van der Waals surface area contributed by atoms with E-state index in [4.69, 9.17) is 0 Å². The monoisotopic (exact) mass is 266 g/mol. The number of hydrogen-bond acceptors (Lipinski definition) is 4. The van der Waals surface area contributed by atoms with Crippen LogP contribution in [0.15, 0.2) is 36.5 Å². The Kier molecular flexibility index (Phi) is 2.68. The van der Waals surface area contributed by atoms with Crippen molar-refractivity contribution in [2.45, 2.75) is 6.92 Å². The van der Waals surface area contributed by atoms with Crippen LogP contribution in [0.3, 0.4) is 0 Å². The minimum atomic E-state index is -0.395. The van der Waals surface area contributed by atoms with Crippen molar-refractivity contribution in [1.82, 2.24) is 4.98 Å². The van der Waals surface area contributed by atoms with Gasteiger partial charge in [-0.3, -0.25) is 19.4 Å². The van der Waals surface area contributed by atoms with E-state index in [1.165, 1.54) is 12.3 Å². The van der Waals surface area contributed by atoms with Gasteiger partial charge in [0, 0.05) is 11.3 Å². The van der Waals surface area contributed by atoms with Gasteiger partial charge in [-0.2, -0.15) is 0 Å². The number of hydrogen-bond donors (Lipinski definition) is 0. The van der Waals surface area contributed by atoms with Crippen molar-refractivity contribution in [2.24, 2.45) is 0 Å². The van der Waals surface area contributed by atoms with Gasteiger partial charge in [0.05, 0.1) is 23.0 Å². The molecule has 2 aromatic rings. The van der Waals surface area contributed by atoms with Gasteiger partial charge in [-0.05, 0) is 25.1 Å². The Morgan fingerprint density at radius 1 is 1.10 bits per heavy atom. The number of aldehydes is 1. The summed E-state index contributed by atoms with van der Waals surface area (Å²) in [5, 5.41) is 0. The molecule has 0 radical (unpaired) electrons. The molecule has 0 unspecified atom stereocenters. The van der Waals surface area contributed by atoms with E-state index in [2.05, 4.69) is 4.98 Å². The predicted molar refractivity (Wildman–Crippen MR) is 71.9 cm³/mol. The van der Waals surface area contributed by atoms with Gasteiger partial charge in [-0.15, -0.1) is 0 Å². The highest BCUT2D eigenvalue weighted by Gasteiger charge is 2.36. The van der Waals surface area contributed by atoms with Crippen molar-refractivity contribution < 1.29 is 14.4 Å². The Bertz CT molecular complexity index is 718. The molecule has 20 heavy (non-hydrogen) atoms. The molecule has 3 rings (SSSR count). The van der Waals surface area contributed by atoms with Crippen molar-refractivity contribution in [3.63, 3.8) is 0 Å². The maximum atomic E-state index is 12.3. The number of carbonyl (C=O) groups is 3. The minimum Gasteiger partial charge on any atom is -0.298 e. The average Bonchev–Trinajstić information content (AvgIpc) is 2.72. The lowest BCUT2D eigenvalue weighted by Gasteiger charge is -2.14. The maximum absolute atomic E-state index is 12.3. The molecule has 0 saturated carbocycles. The lowest BCUT2D eigenvalue weighted by molar-refractivity contribution is 0.0925. The molecule has 1 aromatic heterocycles. The second kappa shape index (κ2) is 4.38. The Hall–Kier alpha value is -2.82. The molecule has 2 heterocycles. The summed E-state index contributed by atoms with van der Waals surface area (Å²) < 4.78 is 0. The molecule has 0 fully saturated rings.